The number of nitrogen functional groups attached to an aromatic ring is 1. The van der Waals surface area contributed by atoms with E-state index in [9.17, 15) is 4.79 Å². The van der Waals surface area contributed by atoms with E-state index in [-0.39, 0.29) is 5.91 Å². The van der Waals surface area contributed by atoms with E-state index in [1.807, 2.05) is 0 Å². The molecule has 0 aliphatic rings. The van der Waals surface area contributed by atoms with Gasteiger partial charge in [0, 0.05) is 19.3 Å². The quantitative estimate of drug-likeness (QED) is 0.826. The summed E-state index contributed by atoms with van der Waals surface area (Å²) in [5.41, 5.74) is 6.65. The molecule has 1 aromatic rings. The average molecular weight is 241 g/mol. The molecule has 3 nitrogen and oxygen atoms in total. The summed E-state index contributed by atoms with van der Waals surface area (Å²) in [4.78, 5) is 13.7. The SMILES string of the molecule is CC(C)CN(C)C(=O)c1cc(N)ccc1Cl. The Labute approximate surface area is 101 Å². The summed E-state index contributed by atoms with van der Waals surface area (Å²) >= 11 is 5.97. The van der Waals surface area contributed by atoms with Gasteiger partial charge < -0.3 is 10.6 Å². The van der Waals surface area contributed by atoms with Crippen molar-refractivity contribution in [2.45, 2.75) is 13.8 Å². The van der Waals surface area contributed by atoms with Crippen LogP contribution in [0.15, 0.2) is 18.2 Å². The number of carbonyl (C=O) groups excluding carboxylic acids is 1. The van der Waals surface area contributed by atoms with Gasteiger partial charge in [-0.3, -0.25) is 4.79 Å². The number of hydrogen-bond donors (Lipinski definition) is 1. The molecule has 1 aromatic carbocycles. The highest BCUT2D eigenvalue weighted by molar-refractivity contribution is 6.33. The molecular weight excluding hydrogens is 224 g/mol. The van der Waals surface area contributed by atoms with Crippen molar-refractivity contribution in [3.05, 3.63) is 28.8 Å². The van der Waals surface area contributed by atoms with Crippen molar-refractivity contribution in [3.63, 3.8) is 0 Å². The molecule has 0 heterocycles. The molecule has 0 unspecified atom stereocenters. The lowest BCUT2D eigenvalue weighted by atomic mass is 10.1. The zero-order chi connectivity index (χ0) is 12.3. The molecule has 0 radical (unpaired) electrons. The molecular formula is C12H17ClN2O. The summed E-state index contributed by atoms with van der Waals surface area (Å²) in [5, 5.41) is 0.440. The third-order valence-electron chi connectivity index (χ3n) is 2.21. The van der Waals surface area contributed by atoms with Crippen LogP contribution in [-0.2, 0) is 0 Å². The first-order valence-corrected chi connectivity index (χ1v) is 5.60. The van der Waals surface area contributed by atoms with Crippen molar-refractivity contribution >= 4 is 23.2 Å². The van der Waals surface area contributed by atoms with E-state index >= 15 is 0 Å². The highest BCUT2D eigenvalue weighted by Gasteiger charge is 2.15. The molecule has 16 heavy (non-hydrogen) atoms. The fourth-order valence-corrected chi connectivity index (χ4v) is 1.74. The van der Waals surface area contributed by atoms with Gasteiger partial charge in [-0.25, -0.2) is 0 Å². The molecule has 88 valence electrons. The fourth-order valence-electron chi connectivity index (χ4n) is 1.54. The third-order valence-corrected chi connectivity index (χ3v) is 2.54. The first kappa shape index (κ1) is 12.8. The van der Waals surface area contributed by atoms with Crippen LogP contribution in [0.5, 0.6) is 0 Å². The van der Waals surface area contributed by atoms with Crippen molar-refractivity contribution in [1.82, 2.24) is 4.90 Å². The lowest BCUT2D eigenvalue weighted by Crippen LogP contribution is -2.30. The largest absolute Gasteiger partial charge is 0.399 e. The highest BCUT2D eigenvalue weighted by Crippen LogP contribution is 2.20. The average Bonchev–Trinajstić information content (AvgIpc) is 2.19. The molecule has 0 atom stereocenters. The molecule has 0 saturated carbocycles. The molecule has 0 bridgehead atoms. The molecule has 2 N–H and O–H groups in total. The van der Waals surface area contributed by atoms with E-state index in [2.05, 4.69) is 13.8 Å². The van der Waals surface area contributed by atoms with Gasteiger partial charge in [0.25, 0.3) is 5.91 Å². The van der Waals surface area contributed by atoms with Crippen LogP contribution in [0.4, 0.5) is 5.69 Å². The number of carbonyl (C=O) groups is 1. The van der Waals surface area contributed by atoms with Gasteiger partial charge in [0.1, 0.15) is 0 Å². The van der Waals surface area contributed by atoms with Crippen molar-refractivity contribution in [2.24, 2.45) is 5.92 Å². The molecule has 1 amide bonds. The number of hydrogen-bond acceptors (Lipinski definition) is 2. The van der Waals surface area contributed by atoms with Crippen molar-refractivity contribution < 1.29 is 4.79 Å². The summed E-state index contributed by atoms with van der Waals surface area (Å²) in [7, 11) is 1.77. The van der Waals surface area contributed by atoms with E-state index in [1.165, 1.54) is 0 Å². The second-order valence-corrected chi connectivity index (χ2v) is 4.73. The van der Waals surface area contributed by atoms with Gasteiger partial charge in [0.2, 0.25) is 0 Å². The normalized spacial score (nSPS) is 10.6. The van der Waals surface area contributed by atoms with Gasteiger partial charge in [-0.2, -0.15) is 0 Å². The lowest BCUT2D eigenvalue weighted by Gasteiger charge is -2.20. The third kappa shape index (κ3) is 3.14. The number of nitrogens with two attached hydrogens (primary N) is 1. The second kappa shape index (κ2) is 5.21. The van der Waals surface area contributed by atoms with Crippen LogP contribution in [0, 0.1) is 5.92 Å². The van der Waals surface area contributed by atoms with Crippen LogP contribution >= 0.6 is 11.6 Å². The van der Waals surface area contributed by atoms with Crippen molar-refractivity contribution in [1.29, 1.82) is 0 Å². The molecule has 0 aromatic heterocycles. The summed E-state index contributed by atoms with van der Waals surface area (Å²) < 4.78 is 0. The Hall–Kier alpha value is -1.22. The van der Waals surface area contributed by atoms with Crippen molar-refractivity contribution in [2.75, 3.05) is 19.3 Å². The van der Waals surface area contributed by atoms with Crippen LogP contribution in [0.1, 0.15) is 24.2 Å². The molecule has 1 rings (SSSR count). The molecule has 0 saturated heterocycles. The number of halogens is 1. The van der Waals surface area contributed by atoms with Crippen LogP contribution in [0.2, 0.25) is 5.02 Å². The predicted octanol–water partition coefficient (Wildman–Crippen LogP) is 2.65. The molecule has 0 spiro atoms. The lowest BCUT2D eigenvalue weighted by molar-refractivity contribution is 0.0779. The van der Waals surface area contributed by atoms with Gasteiger partial charge in [0.05, 0.1) is 10.6 Å². The minimum absolute atomic E-state index is 0.0917. The van der Waals surface area contributed by atoms with Gasteiger partial charge >= 0.3 is 0 Å². The Bertz CT molecular complexity index is 391. The highest BCUT2D eigenvalue weighted by atomic mass is 35.5. The maximum atomic E-state index is 12.0. The van der Waals surface area contributed by atoms with E-state index in [0.717, 1.165) is 0 Å². The Morgan fingerprint density at radius 2 is 2.12 bits per heavy atom. The monoisotopic (exact) mass is 240 g/mol. The minimum atomic E-state index is -0.0917. The predicted molar refractivity (Wildman–Crippen MR) is 67.7 cm³/mol. The number of nitrogens with zero attached hydrogens (tertiary/aromatic N) is 1. The number of benzene rings is 1. The zero-order valence-corrected chi connectivity index (χ0v) is 10.6. The van der Waals surface area contributed by atoms with Gasteiger partial charge in [-0.05, 0) is 24.1 Å². The number of amides is 1. The van der Waals surface area contributed by atoms with Crippen LogP contribution in [0.3, 0.4) is 0 Å². The van der Waals surface area contributed by atoms with Gasteiger partial charge in [-0.1, -0.05) is 25.4 Å². The van der Waals surface area contributed by atoms with Gasteiger partial charge in [-0.15, -0.1) is 0 Å². The Balaban J connectivity index is 2.91. The maximum Gasteiger partial charge on any atom is 0.255 e. The van der Waals surface area contributed by atoms with E-state index < -0.39 is 0 Å². The fraction of sp³-hybridized carbons (Fsp3) is 0.417. The summed E-state index contributed by atoms with van der Waals surface area (Å²) in [6.45, 7) is 4.82. The van der Waals surface area contributed by atoms with Gasteiger partial charge in [0.15, 0.2) is 0 Å². The second-order valence-electron chi connectivity index (χ2n) is 4.32. The minimum Gasteiger partial charge on any atom is -0.399 e. The summed E-state index contributed by atoms with van der Waals surface area (Å²) in [5.74, 6) is 0.333. The first-order valence-electron chi connectivity index (χ1n) is 5.22. The maximum absolute atomic E-state index is 12.0. The summed E-state index contributed by atoms with van der Waals surface area (Å²) in [6.07, 6.45) is 0. The first-order chi connectivity index (χ1) is 7.41. The van der Waals surface area contributed by atoms with E-state index in [0.29, 0.717) is 28.7 Å². The number of rotatable bonds is 3. The van der Waals surface area contributed by atoms with E-state index in [1.54, 1.807) is 30.1 Å². The summed E-state index contributed by atoms with van der Waals surface area (Å²) in [6, 6.07) is 4.94. The molecule has 0 aliphatic heterocycles. The van der Waals surface area contributed by atoms with Crippen LogP contribution in [-0.4, -0.2) is 24.4 Å². The molecule has 0 fully saturated rings. The smallest absolute Gasteiger partial charge is 0.255 e. The Morgan fingerprint density at radius 3 is 2.69 bits per heavy atom. The molecule has 0 aliphatic carbocycles. The van der Waals surface area contributed by atoms with Crippen LogP contribution in [0.25, 0.3) is 0 Å². The topological polar surface area (TPSA) is 46.3 Å². The van der Waals surface area contributed by atoms with E-state index in [4.69, 9.17) is 17.3 Å². The zero-order valence-electron chi connectivity index (χ0n) is 9.83. The van der Waals surface area contributed by atoms with Crippen LogP contribution < -0.4 is 5.73 Å². The molecule has 4 heteroatoms. The Morgan fingerprint density at radius 1 is 1.50 bits per heavy atom. The number of anilines is 1. The Kier molecular flexibility index (Phi) is 4.19. The van der Waals surface area contributed by atoms with Crippen molar-refractivity contribution in [3.8, 4) is 0 Å². The standard InChI is InChI=1S/C12H17ClN2O/c1-8(2)7-15(3)12(16)10-6-9(14)4-5-11(10)13/h4-6,8H,7,14H2,1-3H3.